The second-order valence-corrected chi connectivity index (χ2v) is 2.55. The van der Waals surface area contributed by atoms with E-state index >= 15 is 0 Å². The third kappa shape index (κ3) is 8.06. The molecule has 0 unspecified atom stereocenters. The quantitative estimate of drug-likeness (QED) is 0.482. The van der Waals surface area contributed by atoms with Crippen LogP contribution >= 0.6 is 11.6 Å². The second kappa shape index (κ2) is 13.5. The van der Waals surface area contributed by atoms with Gasteiger partial charge in [0.05, 0.1) is 0 Å². The molecule has 2 heteroatoms. The van der Waals surface area contributed by atoms with Gasteiger partial charge in [-0.15, -0.1) is 11.6 Å². The van der Waals surface area contributed by atoms with E-state index in [1.165, 1.54) is 32.1 Å². The van der Waals surface area contributed by atoms with Crippen molar-refractivity contribution in [3.8, 4) is 0 Å². The molecule has 1 rings (SSSR count). The summed E-state index contributed by atoms with van der Waals surface area (Å²) in [6.45, 7) is 4.00. The summed E-state index contributed by atoms with van der Waals surface area (Å²) in [5.41, 5.74) is 0. The summed E-state index contributed by atoms with van der Waals surface area (Å²) in [4.78, 5) is 9.96. The molecule has 0 aromatic rings. The van der Waals surface area contributed by atoms with Gasteiger partial charge in [-0.05, 0) is 5.92 Å². The average molecular weight is 193 g/mol. The van der Waals surface area contributed by atoms with E-state index in [1.807, 2.05) is 13.8 Å². The lowest BCUT2D eigenvalue weighted by Crippen LogP contribution is -1.91. The lowest BCUT2D eigenvalue weighted by Gasteiger charge is -1.98. The van der Waals surface area contributed by atoms with Gasteiger partial charge in [-0.25, -0.2) is 0 Å². The predicted octanol–water partition coefficient (Wildman–Crippen LogP) is 3.65. The fourth-order valence-electron chi connectivity index (χ4n) is 1.38. The largest absolute Gasteiger partial charge is 0.303 e. The van der Waals surface area contributed by atoms with E-state index < -0.39 is 0 Å². The van der Waals surface area contributed by atoms with Crippen LogP contribution in [-0.2, 0) is 4.79 Å². The molecule has 1 nitrogen and oxygen atoms in total. The van der Waals surface area contributed by atoms with Crippen molar-refractivity contribution in [2.24, 2.45) is 5.92 Å². The van der Waals surface area contributed by atoms with Crippen molar-refractivity contribution in [3.63, 3.8) is 0 Å². The maximum Gasteiger partial charge on any atom is 0.120 e. The van der Waals surface area contributed by atoms with Crippen LogP contribution in [0.1, 0.15) is 46.0 Å². The van der Waals surface area contributed by atoms with E-state index in [1.54, 1.807) is 0 Å². The minimum absolute atomic E-state index is 0.743. The number of carbonyl (C=O) groups excluding carboxylic acids is 1. The Hall–Kier alpha value is -0.0400. The Morgan fingerprint density at radius 2 is 1.67 bits per heavy atom. The van der Waals surface area contributed by atoms with Gasteiger partial charge >= 0.3 is 0 Å². The van der Waals surface area contributed by atoms with Gasteiger partial charge in [0.25, 0.3) is 0 Å². The summed E-state index contributed by atoms with van der Waals surface area (Å²) in [7, 11) is 0. The van der Waals surface area contributed by atoms with Crippen LogP contribution in [0.2, 0.25) is 0 Å². The number of hydrogen-bond donors (Lipinski definition) is 0. The minimum Gasteiger partial charge on any atom is -0.303 e. The highest BCUT2D eigenvalue weighted by molar-refractivity contribution is 6.15. The van der Waals surface area contributed by atoms with E-state index in [9.17, 15) is 4.79 Å². The van der Waals surface area contributed by atoms with Crippen LogP contribution in [0.15, 0.2) is 0 Å². The Labute approximate surface area is 81.5 Å². The zero-order valence-corrected chi connectivity index (χ0v) is 9.23. The van der Waals surface area contributed by atoms with Crippen LogP contribution in [-0.4, -0.2) is 12.7 Å². The second-order valence-electron chi connectivity index (χ2n) is 2.55. The molecule has 0 heterocycles. The molecule has 0 N–H and O–H groups in total. The minimum atomic E-state index is 0.743. The van der Waals surface area contributed by atoms with E-state index in [0.29, 0.717) is 0 Å². The molecule has 1 saturated carbocycles. The first-order chi connectivity index (χ1) is 5.93. The first kappa shape index (κ1) is 14.5. The van der Waals surface area contributed by atoms with Gasteiger partial charge in [0.2, 0.25) is 0 Å². The van der Waals surface area contributed by atoms with Gasteiger partial charge in [-0.2, -0.15) is 0 Å². The maximum absolute atomic E-state index is 9.96. The normalized spacial score (nSPS) is 15.3. The SMILES string of the molecule is CC.CCl.O=CCC1CCCC1. The first-order valence-corrected chi connectivity index (χ1v) is 5.50. The molecule has 0 saturated heterocycles. The Balaban J connectivity index is 0. The number of alkyl halides is 1. The van der Waals surface area contributed by atoms with Gasteiger partial charge < -0.3 is 4.79 Å². The fraction of sp³-hybridized carbons (Fsp3) is 0.900. The Morgan fingerprint density at radius 1 is 1.25 bits per heavy atom. The van der Waals surface area contributed by atoms with Crippen LogP contribution in [0.25, 0.3) is 0 Å². The molecule has 12 heavy (non-hydrogen) atoms. The van der Waals surface area contributed by atoms with Crippen molar-refractivity contribution in [1.29, 1.82) is 0 Å². The van der Waals surface area contributed by atoms with Crippen molar-refractivity contribution in [2.45, 2.75) is 46.0 Å². The average Bonchev–Trinajstić information content (AvgIpc) is 2.65. The molecule has 0 amide bonds. The Morgan fingerprint density at radius 3 is 2.00 bits per heavy atom. The monoisotopic (exact) mass is 192 g/mol. The zero-order valence-electron chi connectivity index (χ0n) is 8.48. The van der Waals surface area contributed by atoms with Gasteiger partial charge in [-0.3, -0.25) is 0 Å². The highest BCUT2D eigenvalue weighted by atomic mass is 35.5. The van der Waals surface area contributed by atoms with Gasteiger partial charge in [-0.1, -0.05) is 39.5 Å². The van der Waals surface area contributed by atoms with Gasteiger partial charge in [0, 0.05) is 12.8 Å². The third-order valence-electron chi connectivity index (χ3n) is 1.90. The Bertz CT molecular complexity index is 77.9. The van der Waals surface area contributed by atoms with Crippen LogP contribution in [0.4, 0.5) is 0 Å². The summed E-state index contributed by atoms with van der Waals surface area (Å²) in [5.74, 6) is 0.743. The summed E-state index contributed by atoms with van der Waals surface area (Å²) >= 11 is 4.64. The van der Waals surface area contributed by atoms with Crippen molar-refractivity contribution >= 4 is 17.9 Å². The summed E-state index contributed by atoms with van der Waals surface area (Å²) < 4.78 is 0. The Kier molecular flexibility index (Phi) is 16.3. The van der Waals surface area contributed by atoms with Crippen molar-refractivity contribution in [3.05, 3.63) is 0 Å². The summed E-state index contributed by atoms with van der Waals surface area (Å²) in [6.07, 6.45) is 8.60. The van der Waals surface area contributed by atoms with E-state index in [4.69, 9.17) is 0 Å². The van der Waals surface area contributed by atoms with Crippen molar-refractivity contribution < 1.29 is 4.79 Å². The molecule has 0 atom stereocenters. The first-order valence-electron chi connectivity index (χ1n) is 4.75. The standard InChI is InChI=1S/C7H12O.C2H6.CH3Cl/c8-6-5-7-3-1-2-4-7;2*1-2/h6-7H,1-5H2;1-2H3;1H3. The molecule has 0 bridgehead atoms. The number of rotatable bonds is 2. The molecular formula is C10H21ClO. The highest BCUT2D eigenvalue weighted by Gasteiger charge is 2.13. The number of carbonyl (C=O) groups is 1. The molecule has 0 aliphatic heterocycles. The van der Waals surface area contributed by atoms with E-state index in [0.717, 1.165) is 18.6 Å². The number of aldehydes is 1. The van der Waals surface area contributed by atoms with Gasteiger partial charge in [0.15, 0.2) is 0 Å². The maximum atomic E-state index is 9.96. The highest BCUT2D eigenvalue weighted by Crippen LogP contribution is 2.26. The van der Waals surface area contributed by atoms with Crippen molar-refractivity contribution in [1.82, 2.24) is 0 Å². The van der Waals surface area contributed by atoms with E-state index in [2.05, 4.69) is 11.6 Å². The lowest BCUT2D eigenvalue weighted by atomic mass is 10.1. The van der Waals surface area contributed by atoms with Crippen LogP contribution in [0, 0.1) is 5.92 Å². The van der Waals surface area contributed by atoms with Crippen LogP contribution < -0.4 is 0 Å². The van der Waals surface area contributed by atoms with Crippen molar-refractivity contribution in [2.75, 3.05) is 6.38 Å². The summed E-state index contributed by atoms with van der Waals surface area (Å²) in [6, 6.07) is 0. The predicted molar refractivity (Wildman–Crippen MR) is 55.8 cm³/mol. The van der Waals surface area contributed by atoms with Crippen LogP contribution in [0.5, 0.6) is 0 Å². The summed E-state index contributed by atoms with van der Waals surface area (Å²) in [5, 5.41) is 0. The zero-order chi connectivity index (χ0) is 9.82. The molecule has 0 radical (unpaired) electrons. The molecule has 1 aliphatic carbocycles. The number of halogens is 1. The molecule has 74 valence electrons. The molecular weight excluding hydrogens is 172 g/mol. The van der Waals surface area contributed by atoms with Gasteiger partial charge in [0.1, 0.15) is 6.29 Å². The van der Waals surface area contributed by atoms with Crippen LogP contribution in [0.3, 0.4) is 0 Å². The van der Waals surface area contributed by atoms with E-state index in [-0.39, 0.29) is 0 Å². The molecule has 0 spiro atoms. The molecule has 0 aromatic heterocycles. The molecule has 1 aliphatic rings. The lowest BCUT2D eigenvalue weighted by molar-refractivity contribution is -0.108. The number of hydrogen-bond acceptors (Lipinski definition) is 1. The fourth-order valence-corrected chi connectivity index (χ4v) is 1.38. The smallest absolute Gasteiger partial charge is 0.120 e. The third-order valence-corrected chi connectivity index (χ3v) is 1.90. The topological polar surface area (TPSA) is 17.1 Å². The molecule has 0 aromatic carbocycles. The molecule has 1 fully saturated rings.